The van der Waals surface area contributed by atoms with Gasteiger partial charge in [-0.05, 0) is 54.0 Å². The van der Waals surface area contributed by atoms with Gasteiger partial charge in [0.2, 0.25) is 0 Å². The number of amides is 1. The Morgan fingerprint density at radius 3 is 2.40 bits per heavy atom. The van der Waals surface area contributed by atoms with Crippen molar-refractivity contribution in [3.05, 3.63) is 64.7 Å². The van der Waals surface area contributed by atoms with Gasteiger partial charge >= 0.3 is 0 Å². The van der Waals surface area contributed by atoms with Crippen molar-refractivity contribution in [2.75, 3.05) is 11.9 Å². The van der Waals surface area contributed by atoms with Crippen LogP contribution in [-0.2, 0) is 4.79 Å². The van der Waals surface area contributed by atoms with Gasteiger partial charge in [0.1, 0.15) is 17.4 Å². The molecule has 5 heteroatoms. The summed E-state index contributed by atoms with van der Waals surface area (Å²) in [4.78, 5) is 12.2. The normalized spacial score (nSPS) is 11.1. The first-order valence-electron chi connectivity index (χ1n) is 7.89. The second-order valence-corrected chi connectivity index (χ2v) is 6.34. The fraction of sp³-hybridized carbons (Fsp3) is 0.200. The third kappa shape index (κ3) is 5.98. The quantitative estimate of drug-likeness (QED) is 0.591. The Morgan fingerprint density at radius 2 is 1.84 bits per heavy atom. The molecule has 0 aliphatic carbocycles. The molecule has 0 heterocycles. The van der Waals surface area contributed by atoms with Crippen LogP contribution in [0.4, 0.5) is 5.69 Å². The van der Waals surface area contributed by atoms with E-state index in [9.17, 15) is 10.1 Å². The molecule has 0 fully saturated rings. The fourth-order valence-corrected chi connectivity index (χ4v) is 2.10. The number of nitrogens with zero attached hydrogens (tertiary/aromatic N) is 1. The summed E-state index contributed by atoms with van der Waals surface area (Å²) in [7, 11) is 0. The molecule has 0 spiro atoms. The number of rotatable bonds is 6. The van der Waals surface area contributed by atoms with Crippen LogP contribution >= 0.6 is 11.6 Å². The lowest BCUT2D eigenvalue weighted by atomic mass is 10.1. The summed E-state index contributed by atoms with van der Waals surface area (Å²) in [6, 6.07) is 15.9. The maximum absolute atomic E-state index is 12.2. The Bertz CT molecular complexity index is 788. The summed E-state index contributed by atoms with van der Waals surface area (Å²) in [6.07, 6.45) is 1.54. The summed E-state index contributed by atoms with van der Waals surface area (Å²) >= 11 is 5.81. The van der Waals surface area contributed by atoms with Gasteiger partial charge in [0.15, 0.2) is 0 Å². The van der Waals surface area contributed by atoms with Gasteiger partial charge in [-0.2, -0.15) is 5.26 Å². The molecule has 0 aromatic heterocycles. The Kier molecular flexibility index (Phi) is 6.62. The first-order valence-corrected chi connectivity index (χ1v) is 8.27. The fourth-order valence-electron chi connectivity index (χ4n) is 1.97. The molecular weight excluding hydrogens is 336 g/mol. The van der Waals surface area contributed by atoms with Gasteiger partial charge in [0.05, 0.1) is 6.61 Å². The van der Waals surface area contributed by atoms with Gasteiger partial charge in [0.25, 0.3) is 5.91 Å². The summed E-state index contributed by atoms with van der Waals surface area (Å²) < 4.78 is 5.61. The van der Waals surface area contributed by atoms with E-state index < -0.39 is 5.91 Å². The van der Waals surface area contributed by atoms with Crippen LogP contribution in [0.15, 0.2) is 54.1 Å². The Labute approximate surface area is 152 Å². The highest BCUT2D eigenvalue weighted by atomic mass is 35.5. The zero-order valence-electron chi connectivity index (χ0n) is 14.1. The van der Waals surface area contributed by atoms with Crippen molar-refractivity contribution < 1.29 is 9.53 Å². The first kappa shape index (κ1) is 18.6. The van der Waals surface area contributed by atoms with Gasteiger partial charge in [-0.1, -0.05) is 37.6 Å². The van der Waals surface area contributed by atoms with Gasteiger partial charge in [0, 0.05) is 10.7 Å². The second kappa shape index (κ2) is 8.91. The number of carbonyl (C=O) groups is 1. The Hall–Kier alpha value is -2.77. The predicted molar refractivity (Wildman–Crippen MR) is 100 cm³/mol. The standard InChI is InChI=1S/C20H19ClN2O2/c1-14(2)13-25-19-9-3-15(4-10-19)11-16(12-22)20(24)23-18-7-5-17(21)6-8-18/h3-11,14H,13H2,1-2H3,(H,23,24)/b16-11-. The molecule has 2 aromatic carbocycles. The van der Waals surface area contributed by atoms with Gasteiger partial charge in [-0.3, -0.25) is 4.79 Å². The minimum absolute atomic E-state index is 0.0193. The van der Waals surface area contributed by atoms with E-state index in [1.54, 1.807) is 24.3 Å². The molecule has 4 nitrogen and oxygen atoms in total. The van der Waals surface area contributed by atoms with Crippen LogP contribution in [0, 0.1) is 17.2 Å². The number of ether oxygens (including phenoxy) is 1. The minimum Gasteiger partial charge on any atom is -0.493 e. The lowest BCUT2D eigenvalue weighted by molar-refractivity contribution is -0.112. The van der Waals surface area contributed by atoms with Gasteiger partial charge < -0.3 is 10.1 Å². The molecule has 0 atom stereocenters. The number of benzene rings is 2. The average Bonchev–Trinajstić information content (AvgIpc) is 2.60. The van der Waals surface area contributed by atoms with Crippen LogP contribution in [0.5, 0.6) is 5.75 Å². The van der Waals surface area contributed by atoms with Gasteiger partial charge in [-0.25, -0.2) is 0 Å². The molecule has 0 bridgehead atoms. The smallest absolute Gasteiger partial charge is 0.266 e. The molecule has 0 unspecified atom stereocenters. The van der Waals surface area contributed by atoms with E-state index in [1.807, 2.05) is 30.3 Å². The van der Waals surface area contributed by atoms with Gasteiger partial charge in [-0.15, -0.1) is 0 Å². The van der Waals surface area contributed by atoms with Crippen LogP contribution in [0.2, 0.25) is 5.02 Å². The van der Waals surface area contributed by atoms with E-state index in [4.69, 9.17) is 16.3 Å². The van der Waals surface area contributed by atoms with Crippen molar-refractivity contribution in [3.8, 4) is 11.8 Å². The van der Waals surface area contributed by atoms with Crippen LogP contribution < -0.4 is 10.1 Å². The van der Waals surface area contributed by atoms with Crippen LogP contribution in [-0.4, -0.2) is 12.5 Å². The summed E-state index contributed by atoms with van der Waals surface area (Å²) in [5, 5.41) is 12.5. The molecule has 1 amide bonds. The second-order valence-electron chi connectivity index (χ2n) is 5.90. The lowest BCUT2D eigenvalue weighted by Crippen LogP contribution is -2.13. The zero-order chi connectivity index (χ0) is 18.2. The molecule has 0 saturated heterocycles. The third-order valence-corrected chi connectivity index (χ3v) is 3.49. The number of hydrogen-bond acceptors (Lipinski definition) is 3. The van der Waals surface area contributed by atoms with Crippen LogP contribution in [0.3, 0.4) is 0 Å². The van der Waals surface area contributed by atoms with Crippen molar-refractivity contribution in [2.45, 2.75) is 13.8 Å². The SMILES string of the molecule is CC(C)COc1ccc(/C=C(/C#N)C(=O)Nc2ccc(Cl)cc2)cc1. The average molecular weight is 355 g/mol. The Balaban J connectivity index is 2.07. The van der Waals surface area contributed by atoms with E-state index in [1.165, 1.54) is 6.08 Å². The highest BCUT2D eigenvalue weighted by molar-refractivity contribution is 6.30. The first-order chi connectivity index (χ1) is 12.0. The molecule has 128 valence electrons. The molecule has 0 aliphatic rings. The van der Waals surface area contributed by atoms with Crippen molar-refractivity contribution in [1.82, 2.24) is 0 Å². The monoisotopic (exact) mass is 354 g/mol. The molecule has 2 rings (SSSR count). The highest BCUT2D eigenvalue weighted by Crippen LogP contribution is 2.17. The van der Waals surface area contributed by atoms with Crippen molar-refractivity contribution >= 4 is 29.3 Å². The predicted octanol–water partition coefficient (Wildman–Crippen LogP) is 4.92. The highest BCUT2D eigenvalue weighted by Gasteiger charge is 2.09. The number of nitriles is 1. The molecule has 0 saturated carbocycles. The summed E-state index contributed by atoms with van der Waals surface area (Å²) in [5.74, 6) is 0.737. The number of halogens is 1. The molecular formula is C20H19ClN2O2. The molecule has 0 radical (unpaired) electrons. The van der Waals surface area contributed by atoms with Crippen molar-refractivity contribution in [1.29, 1.82) is 5.26 Å². The largest absolute Gasteiger partial charge is 0.493 e. The van der Waals surface area contributed by atoms with E-state index in [2.05, 4.69) is 19.2 Å². The summed E-state index contributed by atoms with van der Waals surface area (Å²) in [5.41, 5.74) is 1.35. The number of anilines is 1. The molecule has 2 aromatic rings. The minimum atomic E-state index is -0.468. The molecule has 1 N–H and O–H groups in total. The van der Waals surface area contributed by atoms with Crippen LogP contribution in [0.1, 0.15) is 19.4 Å². The van der Waals surface area contributed by atoms with E-state index in [0.717, 1.165) is 11.3 Å². The topological polar surface area (TPSA) is 62.1 Å². The van der Waals surface area contributed by atoms with E-state index in [-0.39, 0.29) is 5.57 Å². The van der Waals surface area contributed by atoms with Crippen LogP contribution in [0.25, 0.3) is 6.08 Å². The van der Waals surface area contributed by atoms with E-state index in [0.29, 0.717) is 23.2 Å². The number of nitrogens with one attached hydrogen (secondary N) is 1. The zero-order valence-corrected chi connectivity index (χ0v) is 14.9. The molecule has 0 aliphatic heterocycles. The maximum atomic E-state index is 12.2. The molecule has 25 heavy (non-hydrogen) atoms. The van der Waals surface area contributed by atoms with Crippen molar-refractivity contribution in [2.24, 2.45) is 5.92 Å². The van der Waals surface area contributed by atoms with E-state index >= 15 is 0 Å². The van der Waals surface area contributed by atoms with Crippen molar-refractivity contribution in [3.63, 3.8) is 0 Å². The third-order valence-electron chi connectivity index (χ3n) is 3.24. The number of hydrogen-bond donors (Lipinski definition) is 1. The number of carbonyl (C=O) groups excluding carboxylic acids is 1. The maximum Gasteiger partial charge on any atom is 0.266 e. The lowest BCUT2D eigenvalue weighted by Gasteiger charge is -2.08. The summed E-state index contributed by atoms with van der Waals surface area (Å²) in [6.45, 7) is 4.80. The Morgan fingerprint density at radius 1 is 1.20 bits per heavy atom.